The number of thiazole rings is 1. The second-order valence-electron chi connectivity index (χ2n) is 6.79. The summed E-state index contributed by atoms with van der Waals surface area (Å²) in [5.74, 6) is -0.383. The second kappa shape index (κ2) is 6.83. The van der Waals surface area contributed by atoms with Crippen molar-refractivity contribution in [2.45, 2.75) is 6.92 Å². The molecular formula is C23H16FN3OS. The topological polar surface area (TPSA) is 50.2 Å². The second-order valence-corrected chi connectivity index (χ2v) is 8.01. The van der Waals surface area contributed by atoms with E-state index in [9.17, 15) is 9.18 Å². The number of para-hydroxylation sites is 1. The number of ketones is 1. The predicted octanol–water partition coefficient (Wildman–Crippen LogP) is 5.89. The van der Waals surface area contributed by atoms with E-state index < -0.39 is 0 Å². The molecule has 0 radical (unpaired) electrons. The Hall–Kier alpha value is -3.51. The monoisotopic (exact) mass is 401 g/mol. The van der Waals surface area contributed by atoms with Gasteiger partial charge in [-0.15, -0.1) is 11.3 Å². The molecule has 0 amide bonds. The number of hydrogen-bond acceptors (Lipinski definition) is 3. The Bertz CT molecular complexity index is 1390. The first-order chi connectivity index (χ1) is 14.1. The first kappa shape index (κ1) is 17.6. The fourth-order valence-corrected chi connectivity index (χ4v) is 4.30. The summed E-state index contributed by atoms with van der Waals surface area (Å²) >= 11 is 1.57. The van der Waals surface area contributed by atoms with E-state index in [1.54, 1.807) is 41.8 Å². The van der Waals surface area contributed by atoms with Gasteiger partial charge < -0.3 is 4.98 Å². The van der Waals surface area contributed by atoms with Gasteiger partial charge in [-0.25, -0.2) is 9.37 Å². The summed E-state index contributed by atoms with van der Waals surface area (Å²) in [6.07, 6.45) is 7.09. The highest BCUT2D eigenvalue weighted by atomic mass is 32.1. The molecule has 0 saturated heterocycles. The number of aryl methyl sites for hydroxylation is 1. The highest BCUT2D eigenvalue weighted by molar-refractivity contribution is 7.17. The average molecular weight is 401 g/mol. The third-order valence-electron chi connectivity index (χ3n) is 4.84. The number of aromatic nitrogens is 3. The van der Waals surface area contributed by atoms with E-state index in [0.717, 1.165) is 37.7 Å². The summed E-state index contributed by atoms with van der Waals surface area (Å²) in [4.78, 5) is 22.7. The number of halogens is 1. The van der Waals surface area contributed by atoms with Crippen LogP contribution in [-0.4, -0.2) is 20.2 Å². The number of nitrogens with one attached hydrogen (secondary N) is 1. The van der Waals surface area contributed by atoms with Crippen molar-refractivity contribution in [3.63, 3.8) is 0 Å². The third kappa shape index (κ3) is 3.07. The molecular weight excluding hydrogens is 385 g/mol. The van der Waals surface area contributed by atoms with Crippen molar-refractivity contribution in [1.82, 2.24) is 14.4 Å². The van der Waals surface area contributed by atoms with E-state index in [1.807, 2.05) is 41.8 Å². The number of rotatable bonds is 4. The van der Waals surface area contributed by atoms with Crippen LogP contribution in [0.1, 0.15) is 20.9 Å². The van der Waals surface area contributed by atoms with Crippen LogP contribution in [0.3, 0.4) is 0 Å². The lowest BCUT2D eigenvalue weighted by Crippen LogP contribution is -1.93. The average Bonchev–Trinajstić information content (AvgIpc) is 3.39. The molecule has 3 aromatic heterocycles. The summed E-state index contributed by atoms with van der Waals surface area (Å²) < 4.78 is 15.3. The molecule has 0 bridgehead atoms. The van der Waals surface area contributed by atoms with Crippen molar-refractivity contribution in [2.24, 2.45) is 0 Å². The quantitative estimate of drug-likeness (QED) is 0.302. The van der Waals surface area contributed by atoms with E-state index >= 15 is 0 Å². The number of imidazole rings is 1. The smallest absolute Gasteiger partial charge is 0.194 e. The van der Waals surface area contributed by atoms with E-state index in [-0.39, 0.29) is 11.6 Å². The first-order valence-corrected chi connectivity index (χ1v) is 9.95. The molecule has 0 spiro atoms. The number of nitrogens with zero attached hydrogens (tertiary/aromatic N) is 2. The molecule has 5 rings (SSSR count). The van der Waals surface area contributed by atoms with Crippen LogP contribution < -0.4 is 0 Å². The summed E-state index contributed by atoms with van der Waals surface area (Å²) in [5.41, 5.74) is 3.88. The number of carbonyl (C=O) groups excluding carboxylic acids is 1. The van der Waals surface area contributed by atoms with Gasteiger partial charge in [-0.2, -0.15) is 0 Å². The number of carbonyl (C=O) groups is 1. The van der Waals surface area contributed by atoms with Gasteiger partial charge in [0.2, 0.25) is 0 Å². The molecule has 5 aromatic rings. The lowest BCUT2D eigenvalue weighted by molar-refractivity contribution is 0.104. The Morgan fingerprint density at radius 3 is 2.79 bits per heavy atom. The van der Waals surface area contributed by atoms with E-state index in [2.05, 4.69) is 4.98 Å². The van der Waals surface area contributed by atoms with Gasteiger partial charge in [-0.1, -0.05) is 18.2 Å². The minimum atomic E-state index is -0.294. The Balaban J connectivity index is 1.59. The number of benzene rings is 2. The molecule has 3 heterocycles. The van der Waals surface area contributed by atoms with Crippen LogP contribution in [0.5, 0.6) is 0 Å². The van der Waals surface area contributed by atoms with Crippen LogP contribution in [0.25, 0.3) is 33.2 Å². The van der Waals surface area contributed by atoms with E-state index in [1.165, 1.54) is 12.1 Å². The SMILES string of the molecule is Cc1cn2c(/C=C/C(=O)c3c[nH]c4ccccc34)c(-c3ccc(F)cc3)nc2s1. The number of fused-ring (bicyclic) bond motifs is 2. The van der Waals surface area contributed by atoms with Crippen LogP contribution in [0.2, 0.25) is 0 Å². The maximum absolute atomic E-state index is 13.4. The van der Waals surface area contributed by atoms with Crippen LogP contribution in [-0.2, 0) is 0 Å². The van der Waals surface area contributed by atoms with Crippen LogP contribution in [0.15, 0.2) is 67.0 Å². The minimum Gasteiger partial charge on any atom is -0.360 e. The molecule has 1 N–H and O–H groups in total. The van der Waals surface area contributed by atoms with Crippen molar-refractivity contribution in [3.8, 4) is 11.3 Å². The van der Waals surface area contributed by atoms with Gasteiger partial charge in [0, 0.05) is 39.3 Å². The summed E-state index contributed by atoms with van der Waals surface area (Å²) in [5, 5.41) is 0.894. The standard InChI is InChI=1S/C23H16FN3OS/c1-14-13-27-20(22(26-23(27)29-14)15-6-8-16(24)9-7-15)10-11-21(28)18-12-25-19-5-3-2-4-17(18)19/h2-13,25H,1H3/b11-10+. The number of H-pyrrole nitrogens is 1. The molecule has 0 atom stereocenters. The molecule has 6 heteroatoms. The zero-order chi connectivity index (χ0) is 20.0. The van der Waals surface area contributed by atoms with Crippen LogP contribution >= 0.6 is 11.3 Å². The fourth-order valence-electron chi connectivity index (χ4n) is 3.47. The Morgan fingerprint density at radius 2 is 1.97 bits per heavy atom. The minimum absolute atomic E-state index is 0.0885. The maximum atomic E-state index is 13.4. The molecule has 0 aliphatic rings. The molecule has 0 fully saturated rings. The molecule has 0 aliphatic carbocycles. The van der Waals surface area contributed by atoms with Crippen molar-refractivity contribution in [2.75, 3.05) is 0 Å². The highest BCUT2D eigenvalue weighted by Gasteiger charge is 2.15. The molecule has 2 aromatic carbocycles. The summed E-state index contributed by atoms with van der Waals surface area (Å²) in [6.45, 7) is 2.02. The molecule has 0 saturated carbocycles. The number of hydrogen-bond donors (Lipinski definition) is 1. The normalized spacial score (nSPS) is 11.8. The lowest BCUT2D eigenvalue weighted by Gasteiger charge is -2.00. The number of allylic oxidation sites excluding steroid dienone is 1. The van der Waals surface area contributed by atoms with E-state index in [0.29, 0.717) is 5.56 Å². The van der Waals surface area contributed by atoms with Gasteiger partial charge in [-0.05, 0) is 49.4 Å². The summed E-state index contributed by atoms with van der Waals surface area (Å²) in [7, 11) is 0. The first-order valence-electron chi connectivity index (χ1n) is 9.13. The molecule has 0 aliphatic heterocycles. The van der Waals surface area contributed by atoms with Gasteiger partial charge in [0.1, 0.15) is 5.82 Å². The zero-order valence-corrected chi connectivity index (χ0v) is 16.3. The number of aromatic amines is 1. The predicted molar refractivity (Wildman–Crippen MR) is 115 cm³/mol. The fraction of sp³-hybridized carbons (Fsp3) is 0.0435. The van der Waals surface area contributed by atoms with Crippen molar-refractivity contribution < 1.29 is 9.18 Å². The Morgan fingerprint density at radius 1 is 1.17 bits per heavy atom. The molecule has 0 unspecified atom stereocenters. The van der Waals surface area contributed by atoms with Gasteiger partial charge in [0.15, 0.2) is 10.7 Å². The van der Waals surface area contributed by atoms with Crippen molar-refractivity contribution >= 4 is 39.1 Å². The lowest BCUT2D eigenvalue weighted by atomic mass is 10.1. The van der Waals surface area contributed by atoms with Gasteiger partial charge in [0.25, 0.3) is 0 Å². The Kier molecular flexibility index (Phi) is 4.14. The molecule has 29 heavy (non-hydrogen) atoms. The highest BCUT2D eigenvalue weighted by Crippen LogP contribution is 2.29. The van der Waals surface area contributed by atoms with Crippen LogP contribution in [0.4, 0.5) is 4.39 Å². The zero-order valence-electron chi connectivity index (χ0n) is 15.5. The maximum Gasteiger partial charge on any atom is 0.194 e. The van der Waals surface area contributed by atoms with E-state index in [4.69, 9.17) is 4.98 Å². The third-order valence-corrected chi connectivity index (χ3v) is 5.74. The summed E-state index contributed by atoms with van der Waals surface area (Å²) in [6, 6.07) is 13.9. The molecule has 4 nitrogen and oxygen atoms in total. The van der Waals surface area contributed by atoms with Gasteiger partial charge in [-0.3, -0.25) is 9.20 Å². The Labute approximate surface area is 170 Å². The van der Waals surface area contributed by atoms with Gasteiger partial charge in [0.05, 0.1) is 11.4 Å². The van der Waals surface area contributed by atoms with Crippen molar-refractivity contribution in [1.29, 1.82) is 0 Å². The van der Waals surface area contributed by atoms with Gasteiger partial charge >= 0.3 is 0 Å². The molecule has 142 valence electrons. The van der Waals surface area contributed by atoms with Crippen molar-refractivity contribution in [3.05, 3.63) is 89.0 Å². The largest absolute Gasteiger partial charge is 0.360 e. The van der Waals surface area contributed by atoms with Crippen LogP contribution in [0, 0.1) is 12.7 Å².